The van der Waals surface area contributed by atoms with Crippen molar-refractivity contribution in [1.29, 1.82) is 0 Å². The Morgan fingerprint density at radius 2 is 1.77 bits per heavy atom. The summed E-state index contributed by atoms with van der Waals surface area (Å²) in [4.78, 5) is 29.2. The van der Waals surface area contributed by atoms with Gasteiger partial charge in [-0.15, -0.1) is 5.10 Å². The van der Waals surface area contributed by atoms with Crippen molar-refractivity contribution in [2.45, 2.75) is 12.5 Å². The summed E-state index contributed by atoms with van der Waals surface area (Å²) in [5, 5.41) is 9.74. The van der Waals surface area contributed by atoms with E-state index in [1.165, 1.54) is 33.5 Å². The summed E-state index contributed by atoms with van der Waals surface area (Å²) in [5.41, 5.74) is 1.19. The van der Waals surface area contributed by atoms with E-state index in [2.05, 4.69) is 20.7 Å². The topological polar surface area (TPSA) is 117 Å². The van der Waals surface area contributed by atoms with Crippen LogP contribution in [-0.2, 0) is 4.79 Å². The quantitative estimate of drug-likeness (QED) is 0.626. The Hall–Kier alpha value is -4.08. The maximum absolute atomic E-state index is 12.8. The Bertz CT molecular complexity index is 1100. The van der Waals surface area contributed by atoms with Crippen LogP contribution in [0.3, 0.4) is 0 Å². The number of benzene rings is 2. The van der Waals surface area contributed by atoms with Crippen molar-refractivity contribution in [2.75, 3.05) is 32.0 Å². The van der Waals surface area contributed by atoms with Gasteiger partial charge in [0.05, 0.1) is 33.8 Å². The number of aromatic nitrogens is 3. The minimum absolute atomic E-state index is 0.0666. The number of methoxy groups -OCH3 is 3. The monoisotopic (exact) mass is 423 g/mol. The van der Waals surface area contributed by atoms with Gasteiger partial charge in [0.25, 0.3) is 11.9 Å². The van der Waals surface area contributed by atoms with E-state index in [0.29, 0.717) is 17.2 Å². The molecule has 2 heterocycles. The molecule has 31 heavy (non-hydrogen) atoms. The first-order valence-electron chi connectivity index (χ1n) is 9.46. The number of nitrogens with zero attached hydrogens (tertiary/aromatic N) is 3. The second-order valence-corrected chi connectivity index (χ2v) is 6.75. The first-order chi connectivity index (χ1) is 15.0. The Balaban J connectivity index is 1.63. The molecule has 4 rings (SSSR count). The molecule has 10 nitrogen and oxygen atoms in total. The zero-order valence-corrected chi connectivity index (χ0v) is 17.2. The van der Waals surface area contributed by atoms with Gasteiger partial charge < -0.3 is 14.2 Å². The van der Waals surface area contributed by atoms with Crippen LogP contribution in [0.5, 0.6) is 17.2 Å². The van der Waals surface area contributed by atoms with Gasteiger partial charge in [-0.3, -0.25) is 20.2 Å². The molecule has 0 fully saturated rings. The third-order valence-corrected chi connectivity index (χ3v) is 4.89. The molecule has 0 bridgehead atoms. The zero-order valence-electron chi connectivity index (χ0n) is 17.2. The average molecular weight is 423 g/mol. The molecule has 160 valence electrons. The van der Waals surface area contributed by atoms with Gasteiger partial charge in [-0.2, -0.15) is 4.98 Å². The summed E-state index contributed by atoms with van der Waals surface area (Å²) in [6, 6.07) is 12.3. The molecule has 1 aromatic heterocycles. The molecular formula is C21H21N5O5. The zero-order chi connectivity index (χ0) is 22.0. The Labute approximate surface area is 178 Å². The fourth-order valence-electron chi connectivity index (χ4n) is 3.44. The van der Waals surface area contributed by atoms with Crippen LogP contribution in [0, 0.1) is 0 Å². The molecule has 10 heteroatoms. The van der Waals surface area contributed by atoms with Gasteiger partial charge in [-0.1, -0.05) is 30.3 Å². The standard InChI is InChI=1S/C21H21N5O5/c1-29-15-9-13(10-16(30-2)18(15)31-3)19(28)23-20-24-21-22-17(27)11-14(26(21)25-20)12-7-5-4-6-8-12/h4-10,14H,11H2,1-3H3,(H2,22,23,24,25,27,28). The van der Waals surface area contributed by atoms with Crippen molar-refractivity contribution < 1.29 is 23.8 Å². The van der Waals surface area contributed by atoms with Crippen molar-refractivity contribution in [3.63, 3.8) is 0 Å². The van der Waals surface area contributed by atoms with Crippen LogP contribution >= 0.6 is 0 Å². The number of hydrogen-bond donors (Lipinski definition) is 2. The van der Waals surface area contributed by atoms with Crippen LogP contribution in [0.25, 0.3) is 0 Å². The summed E-state index contributed by atoms with van der Waals surface area (Å²) >= 11 is 0. The number of amides is 2. The SMILES string of the molecule is COc1cc(C(=O)Nc2nc3n(n2)C(c2ccccc2)CC(=O)N3)cc(OC)c1OC. The highest BCUT2D eigenvalue weighted by Gasteiger charge is 2.29. The van der Waals surface area contributed by atoms with Crippen LogP contribution in [-0.4, -0.2) is 47.9 Å². The number of hydrogen-bond acceptors (Lipinski definition) is 7. The molecule has 2 N–H and O–H groups in total. The fourth-order valence-corrected chi connectivity index (χ4v) is 3.44. The van der Waals surface area contributed by atoms with Crippen molar-refractivity contribution in [3.8, 4) is 17.2 Å². The van der Waals surface area contributed by atoms with E-state index >= 15 is 0 Å². The highest BCUT2D eigenvalue weighted by Crippen LogP contribution is 2.38. The third-order valence-electron chi connectivity index (χ3n) is 4.89. The first-order valence-corrected chi connectivity index (χ1v) is 9.46. The predicted molar refractivity (Wildman–Crippen MR) is 112 cm³/mol. The molecule has 0 aliphatic carbocycles. The van der Waals surface area contributed by atoms with Gasteiger partial charge in [0.1, 0.15) is 0 Å². The highest BCUT2D eigenvalue weighted by atomic mass is 16.5. The van der Waals surface area contributed by atoms with Crippen LogP contribution in [0.15, 0.2) is 42.5 Å². The van der Waals surface area contributed by atoms with Crippen molar-refractivity contribution >= 4 is 23.7 Å². The van der Waals surface area contributed by atoms with E-state index in [-0.39, 0.29) is 35.8 Å². The molecule has 1 unspecified atom stereocenters. The maximum atomic E-state index is 12.8. The molecule has 0 spiro atoms. The molecule has 3 aromatic rings. The Morgan fingerprint density at radius 3 is 2.39 bits per heavy atom. The smallest absolute Gasteiger partial charge is 0.258 e. The maximum Gasteiger partial charge on any atom is 0.258 e. The molecular weight excluding hydrogens is 402 g/mol. The summed E-state index contributed by atoms with van der Waals surface area (Å²) in [6.45, 7) is 0. The molecule has 1 aliphatic heterocycles. The van der Waals surface area contributed by atoms with Gasteiger partial charge in [0.2, 0.25) is 17.6 Å². The fraction of sp³-hybridized carbons (Fsp3) is 0.238. The summed E-state index contributed by atoms with van der Waals surface area (Å²) in [7, 11) is 4.42. The van der Waals surface area contributed by atoms with E-state index in [1.54, 1.807) is 4.68 Å². The lowest BCUT2D eigenvalue weighted by Gasteiger charge is -2.23. The third kappa shape index (κ3) is 3.87. The van der Waals surface area contributed by atoms with E-state index < -0.39 is 5.91 Å². The summed E-state index contributed by atoms with van der Waals surface area (Å²) in [5.74, 6) is 0.773. The first kappa shape index (κ1) is 20.2. The minimum atomic E-state index is -0.468. The molecule has 0 radical (unpaired) electrons. The van der Waals surface area contributed by atoms with Gasteiger partial charge >= 0.3 is 0 Å². The molecule has 2 amide bonds. The summed E-state index contributed by atoms with van der Waals surface area (Å²) < 4.78 is 17.5. The van der Waals surface area contributed by atoms with Crippen LogP contribution in [0.1, 0.15) is 28.4 Å². The number of carbonyl (C=O) groups is 2. The van der Waals surface area contributed by atoms with Crippen LogP contribution < -0.4 is 24.8 Å². The van der Waals surface area contributed by atoms with Crippen molar-refractivity contribution in [1.82, 2.24) is 14.8 Å². The number of nitrogens with one attached hydrogen (secondary N) is 2. The summed E-state index contributed by atoms with van der Waals surface area (Å²) in [6.07, 6.45) is 0.223. The normalized spacial score (nSPS) is 14.9. The van der Waals surface area contributed by atoms with Crippen molar-refractivity contribution in [2.24, 2.45) is 0 Å². The van der Waals surface area contributed by atoms with Gasteiger partial charge in [0.15, 0.2) is 11.5 Å². The van der Waals surface area contributed by atoms with Crippen molar-refractivity contribution in [3.05, 3.63) is 53.6 Å². The molecule has 0 saturated heterocycles. The van der Waals surface area contributed by atoms with E-state index in [4.69, 9.17) is 14.2 Å². The van der Waals surface area contributed by atoms with Gasteiger partial charge in [-0.25, -0.2) is 4.68 Å². The van der Waals surface area contributed by atoms with Gasteiger partial charge in [0, 0.05) is 5.56 Å². The molecule has 1 atom stereocenters. The number of rotatable bonds is 6. The lowest BCUT2D eigenvalue weighted by atomic mass is 10.0. The molecule has 2 aromatic carbocycles. The number of fused-ring (bicyclic) bond motifs is 1. The lowest BCUT2D eigenvalue weighted by molar-refractivity contribution is -0.117. The number of ether oxygens (including phenoxy) is 3. The van der Waals surface area contributed by atoms with Crippen LogP contribution in [0.4, 0.5) is 11.9 Å². The lowest BCUT2D eigenvalue weighted by Crippen LogP contribution is -2.29. The number of anilines is 2. The molecule has 0 saturated carbocycles. The second-order valence-electron chi connectivity index (χ2n) is 6.75. The second kappa shape index (κ2) is 8.34. The van der Waals surface area contributed by atoms with E-state index in [0.717, 1.165) is 5.56 Å². The van der Waals surface area contributed by atoms with E-state index in [9.17, 15) is 9.59 Å². The largest absolute Gasteiger partial charge is 0.493 e. The highest BCUT2D eigenvalue weighted by molar-refractivity contribution is 6.04. The molecule has 1 aliphatic rings. The Kier molecular flexibility index (Phi) is 5.44. The number of carbonyl (C=O) groups excluding carboxylic acids is 2. The van der Waals surface area contributed by atoms with E-state index in [1.807, 2.05) is 30.3 Å². The van der Waals surface area contributed by atoms with Gasteiger partial charge in [-0.05, 0) is 17.7 Å². The average Bonchev–Trinajstić information content (AvgIpc) is 3.19. The Morgan fingerprint density at radius 1 is 1.10 bits per heavy atom. The minimum Gasteiger partial charge on any atom is -0.493 e. The predicted octanol–water partition coefficient (Wildman–Crippen LogP) is 2.49. The van der Waals surface area contributed by atoms with Crippen LogP contribution in [0.2, 0.25) is 0 Å².